The quantitative estimate of drug-likeness (QED) is 0.704. The molecule has 1 N–H and O–H groups in total. The maximum atomic E-state index is 5.22. The number of H-pyrrole nitrogens is 1. The van der Waals surface area contributed by atoms with Gasteiger partial charge in [-0.25, -0.2) is 0 Å². The molecule has 5 nitrogen and oxygen atoms in total. The number of hydrogen-bond acceptors (Lipinski definition) is 4. The molecule has 2 aromatic heterocycles. The molecule has 0 saturated heterocycles. The second kappa shape index (κ2) is 3.99. The summed E-state index contributed by atoms with van der Waals surface area (Å²) in [6, 6.07) is 11.5. The van der Waals surface area contributed by atoms with E-state index in [9.17, 15) is 0 Å². The fraction of sp³-hybridized carbons (Fsp3) is 0. The van der Waals surface area contributed by atoms with Crippen LogP contribution >= 0.6 is 12.2 Å². The lowest BCUT2D eigenvalue weighted by molar-refractivity contribution is 0.421. The van der Waals surface area contributed by atoms with Crippen molar-refractivity contribution in [3.05, 3.63) is 47.4 Å². The molecular formula is C11H8N4OS. The van der Waals surface area contributed by atoms with Gasteiger partial charge in [0.15, 0.2) is 16.3 Å². The molecule has 0 fully saturated rings. The minimum Gasteiger partial charge on any atom is -0.364 e. The van der Waals surface area contributed by atoms with Gasteiger partial charge < -0.3 is 4.52 Å². The van der Waals surface area contributed by atoms with Crippen LogP contribution in [0.15, 0.2) is 47.2 Å². The molecule has 0 aliphatic heterocycles. The molecule has 0 amide bonds. The summed E-state index contributed by atoms with van der Waals surface area (Å²) in [7, 11) is 0. The molecular weight excluding hydrogens is 236 g/mol. The Bertz CT molecular complexity index is 669. The number of nitrogens with one attached hydrogen (secondary N) is 1. The Labute approximate surface area is 102 Å². The summed E-state index contributed by atoms with van der Waals surface area (Å²) < 4.78 is 7.15. The molecule has 17 heavy (non-hydrogen) atoms. The Kier molecular flexibility index (Phi) is 2.34. The zero-order valence-electron chi connectivity index (χ0n) is 8.70. The lowest BCUT2D eigenvalue weighted by Gasteiger charge is -2.03. The van der Waals surface area contributed by atoms with Crippen LogP contribution in [0, 0.1) is 4.77 Å². The van der Waals surface area contributed by atoms with Crippen molar-refractivity contribution in [1.29, 1.82) is 0 Å². The average molecular weight is 244 g/mol. The van der Waals surface area contributed by atoms with Gasteiger partial charge in [0.25, 0.3) is 0 Å². The minimum atomic E-state index is 0.522. The summed E-state index contributed by atoms with van der Waals surface area (Å²) in [5.41, 5.74) is 1.57. The molecule has 0 radical (unpaired) electrons. The largest absolute Gasteiger partial charge is 0.364 e. The highest BCUT2D eigenvalue weighted by Gasteiger charge is 2.12. The van der Waals surface area contributed by atoms with Crippen LogP contribution in [-0.2, 0) is 0 Å². The molecule has 3 aromatic rings. The highest BCUT2D eigenvalue weighted by atomic mass is 32.1. The van der Waals surface area contributed by atoms with Crippen molar-refractivity contribution in [3.8, 4) is 17.2 Å². The van der Waals surface area contributed by atoms with Gasteiger partial charge in [0.05, 0.1) is 5.69 Å². The molecule has 0 aliphatic carbocycles. The van der Waals surface area contributed by atoms with Crippen LogP contribution in [0.4, 0.5) is 0 Å². The SMILES string of the molecule is S=c1[nH]nc(-c2ccon2)n1-c1ccccc1. The van der Waals surface area contributed by atoms with Gasteiger partial charge in [0.1, 0.15) is 6.26 Å². The van der Waals surface area contributed by atoms with Crippen LogP contribution in [0.5, 0.6) is 0 Å². The van der Waals surface area contributed by atoms with Crippen LogP contribution in [0.1, 0.15) is 0 Å². The Morgan fingerprint density at radius 1 is 1.18 bits per heavy atom. The lowest BCUT2D eigenvalue weighted by Crippen LogP contribution is -1.97. The van der Waals surface area contributed by atoms with Gasteiger partial charge in [-0.3, -0.25) is 9.67 Å². The number of aromatic nitrogens is 4. The number of aromatic amines is 1. The summed E-state index contributed by atoms with van der Waals surface area (Å²) >= 11 is 5.22. The predicted octanol–water partition coefficient (Wildman–Crippen LogP) is 2.58. The first-order chi connectivity index (χ1) is 8.36. The first kappa shape index (κ1) is 9.98. The van der Waals surface area contributed by atoms with Crippen molar-refractivity contribution in [2.24, 2.45) is 0 Å². The fourth-order valence-corrected chi connectivity index (χ4v) is 1.85. The molecule has 0 bridgehead atoms. The van der Waals surface area contributed by atoms with E-state index in [1.807, 2.05) is 34.9 Å². The van der Waals surface area contributed by atoms with E-state index >= 15 is 0 Å². The Balaban J connectivity index is 2.24. The molecule has 0 unspecified atom stereocenters. The third kappa shape index (κ3) is 1.68. The van der Waals surface area contributed by atoms with Gasteiger partial charge in [-0.15, -0.1) is 0 Å². The van der Waals surface area contributed by atoms with E-state index in [2.05, 4.69) is 15.4 Å². The molecule has 3 rings (SSSR count). The zero-order chi connectivity index (χ0) is 11.7. The van der Waals surface area contributed by atoms with Crippen molar-refractivity contribution in [1.82, 2.24) is 19.9 Å². The molecule has 0 atom stereocenters. The van der Waals surface area contributed by atoms with Crippen LogP contribution in [0.2, 0.25) is 0 Å². The number of benzene rings is 1. The van der Waals surface area contributed by atoms with E-state index in [1.54, 1.807) is 6.07 Å². The van der Waals surface area contributed by atoms with E-state index in [4.69, 9.17) is 16.7 Å². The maximum Gasteiger partial charge on any atom is 0.200 e. The zero-order valence-corrected chi connectivity index (χ0v) is 9.52. The van der Waals surface area contributed by atoms with E-state index < -0.39 is 0 Å². The minimum absolute atomic E-state index is 0.522. The van der Waals surface area contributed by atoms with Gasteiger partial charge >= 0.3 is 0 Å². The van der Waals surface area contributed by atoms with Crippen molar-refractivity contribution in [2.75, 3.05) is 0 Å². The Morgan fingerprint density at radius 3 is 2.71 bits per heavy atom. The van der Waals surface area contributed by atoms with Crippen molar-refractivity contribution < 1.29 is 4.52 Å². The summed E-state index contributed by atoms with van der Waals surface area (Å²) in [6.07, 6.45) is 1.50. The predicted molar refractivity (Wildman–Crippen MR) is 64.2 cm³/mol. The second-order valence-corrected chi connectivity index (χ2v) is 3.79. The smallest absolute Gasteiger partial charge is 0.200 e. The molecule has 2 heterocycles. The normalized spacial score (nSPS) is 10.6. The van der Waals surface area contributed by atoms with E-state index in [1.165, 1.54) is 6.26 Å². The molecule has 0 aliphatic rings. The number of para-hydroxylation sites is 1. The van der Waals surface area contributed by atoms with Gasteiger partial charge in [-0.1, -0.05) is 23.4 Å². The van der Waals surface area contributed by atoms with Crippen molar-refractivity contribution in [3.63, 3.8) is 0 Å². The molecule has 84 valence electrons. The van der Waals surface area contributed by atoms with Crippen LogP contribution in [0.25, 0.3) is 17.2 Å². The molecule has 0 spiro atoms. The van der Waals surface area contributed by atoms with Gasteiger partial charge in [0.2, 0.25) is 0 Å². The third-order valence-corrected chi connectivity index (χ3v) is 2.63. The van der Waals surface area contributed by atoms with Crippen molar-refractivity contribution >= 4 is 12.2 Å². The maximum absolute atomic E-state index is 5.22. The number of rotatable bonds is 2. The fourth-order valence-electron chi connectivity index (χ4n) is 1.61. The van der Waals surface area contributed by atoms with Gasteiger partial charge in [0, 0.05) is 6.07 Å². The Hall–Kier alpha value is -2.21. The highest BCUT2D eigenvalue weighted by Crippen LogP contribution is 2.19. The summed E-state index contributed by atoms with van der Waals surface area (Å²) in [5, 5.41) is 10.8. The second-order valence-electron chi connectivity index (χ2n) is 3.41. The lowest BCUT2D eigenvalue weighted by atomic mass is 10.3. The van der Waals surface area contributed by atoms with E-state index in [0.29, 0.717) is 16.3 Å². The highest BCUT2D eigenvalue weighted by molar-refractivity contribution is 7.71. The Morgan fingerprint density at radius 2 is 2.00 bits per heavy atom. The third-order valence-electron chi connectivity index (χ3n) is 2.35. The van der Waals surface area contributed by atoms with E-state index in [-0.39, 0.29) is 0 Å². The monoisotopic (exact) mass is 244 g/mol. The van der Waals surface area contributed by atoms with Crippen LogP contribution < -0.4 is 0 Å². The standard InChI is InChI=1S/C11H8N4OS/c17-11-13-12-10(9-6-7-16-14-9)15(11)8-4-2-1-3-5-8/h1-7H,(H,13,17). The van der Waals surface area contributed by atoms with Gasteiger partial charge in [-0.05, 0) is 24.4 Å². The first-order valence-electron chi connectivity index (χ1n) is 5.00. The first-order valence-corrected chi connectivity index (χ1v) is 5.40. The topological polar surface area (TPSA) is 59.6 Å². The van der Waals surface area contributed by atoms with Gasteiger partial charge in [-0.2, -0.15) is 5.10 Å². The molecule has 0 saturated carbocycles. The summed E-state index contributed by atoms with van der Waals surface area (Å²) in [5.74, 6) is 0.634. The van der Waals surface area contributed by atoms with Crippen LogP contribution in [0.3, 0.4) is 0 Å². The number of nitrogens with zero attached hydrogens (tertiary/aromatic N) is 3. The average Bonchev–Trinajstić information content (AvgIpc) is 2.98. The summed E-state index contributed by atoms with van der Waals surface area (Å²) in [4.78, 5) is 0. The van der Waals surface area contributed by atoms with Crippen molar-refractivity contribution in [2.45, 2.75) is 0 Å². The van der Waals surface area contributed by atoms with E-state index in [0.717, 1.165) is 5.69 Å². The summed E-state index contributed by atoms with van der Waals surface area (Å²) in [6.45, 7) is 0. The molecule has 1 aromatic carbocycles. The number of hydrogen-bond donors (Lipinski definition) is 1. The van der Waals surface area contributed by atoms with Crippen LogP contribution in [-0.4, -0.2) is 19.9 Å². The molecule has 6 heteroatoms.